The minimum atomic E-state index is 0.133. The van der Waals surface area contributed by atoms with Gasteiger partial charge in [-0.05, 0) is 46.0 Å². The SMILES string of the molecule is CC(C)=CCCC(C)CCO.CCOCCO. The molecule has 3 nitrogen and oxygen atoms in total. The van der Waals surface area contributed by atoms with Gasteiger partial charge in [-0.1, -0.05) is 18.6 Å². The summed E-state index contributed by atoms with van der Waals surface area (Å²) < 4.78 is 4.73. The molecular weight excluding hydrogens is 216 g/mol. The van der Waals surface area contributed by atoms with E-state index in [9.17, 15) is 0 Å². The van der Waals surface area contributed by atoms with Crippen LogP contribution < -0.4 is 0 Å². The molecule has 0 rings (SSSR count). The van der Waals surface area contributed by atoms with Gasteiger partial charge in [0.25, 0.3) is 0 Å². The van der Waals surface area contributed by atoms with Gasteiger partial charge in [0.05, 0.1) is 13.2 Å². The van der Waals surface area contributed by atoms with E-state index in [2.05, 4.69) is 26.8 Å². The average molecular weight is 246 g/mol. The van der Waals surface area contributed by atoms with Crippen molar-refractivity contribution in [1.82, 2.24) is 0 Å². The number of aliphatic hydroxyl groups is 2. The van der Waals surface area contributed by atoms with Crippen LogP contribution in [0.3, 0.4) is 0 Å². The molecule has 0 saturated carbocycles. The van der Waals surface area contributed by atoms with Gasteiger partial charge in [-0.2, -0.15) is 0 Å². The summed E-state index contributed by atoms with van der Waals surface area (Å²) in [6.07, 6.45) is 5.56. The molecule has 17 heavy (non-hydrogen) atoms. The third-order valence-corrected chi connectivity index (χ3v) is 2.27. The Morgan fingerprint density at radius 3 is 2.18 bits per heavy atom. The monoisotopic (exact) mass is 246 g/mol. The van der Waals surface area contributed by atoms with Crippen LogP contribution in [0.5, 0.6) is 0 Å². The second-order valence-corrected chi connectivity index (χ2v) is 4.40. The van der Waals surface area contributed by atoms with Crippen LogP contribution in [0.2, 0.25) is 0 Å². The first-order valence-corrected chi connectivity index (χ1v) is 6.51. The standard InChI is InChI=1S/C10H20O.C4H10O2/c1-9(2)5-4-6-10(3)7-8-11;1-2-6-4-3-5/h5,10-11H,4,6-8H2,1-3H3;5H,2-4H2,1H3. The molecule has 0 saturated heterocycles. The lowest BCUT2D eigenvalue weighted by molar-refractivity contribution is 0.102. The van der Waals surface area contributed by atoms with Gasteiger partial charge in [0, 0.05) is 13.2 Å². The highest BCUT2D eigenvalue weighted by atomic mass is 16.5. The lowest BCUT2D eigenvalue weighted by atomic mass is 10.0. The minimum absolute atomic E-state index is 0.133. The van der Waals surface area contributed by atoms with Crippen molar-refractivity contribution in [2.75, 3.05) is 26.4 Å². The Morgan fingerprint density at radius 2 is 1.82 bits per heavy atom. The van der Waals surface area contributed by atoms with Crippen molar-refractivity contribution >= 4 is 0 Å². The number of rotatable bonds is 8. The Morgan fingerprint density at radius 1 is 1.18 bits per heavy atom. The second-order valence-electron chi connectivity index (χ2n) is 4.40. The van der Waals surface area contributed by atoms with Gasteiger partial charge in [-0.3, -0.25) is 0 Å². The van der Waals surface area contributed by atoms with E-state index in [0.29, 0.717) is 25.7 Å². The van der Waals surface area contributed by atoms with E-state index in [1.165, 1.54) is 12.0 Å². The fourth-order valence-corrected chi connectivity index (χ4v) is 1.23. The molecule has 0 fully saturated rings. The van der Waals surface area contributed by atoms with Crippen LogP contribution in [0.1, 0.15) is 47.0 Å². The van der Waals surface area contributed by atoms with Crippen molar-refractivity contribution in [2.24, 2.45) is 5.92 Å². The summed E-state index contributed by atoms with van der Waals surface area (Å²) in [6, 6.07) is 0. The topological polar surface area (TPSA) is 49.7 Å². The highest BCUT2D eigenvalue weighted by Gasteiger charge is 1.98. The number of aliphatic hydroxyl groups excluding tert-OH is 2. The van der Waals surface area contributed by atoms with Gasteiger partial charge in [0.1, 0.15) is 0 Å². The maximum Gasteiger partial charge on any atom is 0.0697 e. The maximum atomic E-state index is 8.63. The molecular formula is C14H30O3. The number of hydrogen-bond donors (Lipinski definition) is 2. The summed E-state index contributed by atoms with van der Waals surface area (Å²) >= 11 is 0. The highest BCUT2D eigenvalue weighted by Crippen LogP contribution is 2.10. The normalized spacial score (nSPS) is 11.4. The van der Waals surface area contributed by atoms with Crippen LogP contribution in [0.25, 0.3) is 0 Å². The summed E-state index contributed by atoms with van der Waals surface area (Å²) in [6.45, 7) is 9.96. The molecule has 2 N–H and O–H groups in total. The molecule has 0 spiro atoms. The van der Waals surface area contributed by atoms with E-state index < -0.39 is 0 Å². The van der Waals surface area contributed by atoms with Crippen LogP contribution in [0, 0.1) is 5.92 Å². The van der Waals surface area contributed by atoms with E-state index in [1.807, 2.05) is 6.92 Å². The molecule has 1 atom stereocenters. The lowest BCUT2D eigenvalue weighted by Crippen LogP contribution is -1.96. The Hall–Kier alpha value is -0.380. The maximum absolute atomic E-state index is 8.63. The molecule has 0 bridgehead atoms. The van der Waals surface area contributed by atoms with Gasteiger partial charge in [-0.25, -0.2) is 0 Å². The molecule has 0 aromatic rings. The van der Waals surface area contributed by atoms with Gasteiger partial charge >= 0.3 is 0 Å². The predicted octanol–water partition coefficient (Wildman–Crippen LogP) is 2.77. The van der Waals surface area contributed by atoms with Gasteiger partial charge in [0.2, 0.25) is 0 Å². The molecule has 0 amide bonds. The summed E-state index contributed by atoms with van der Waals surface area (Å²) in [7, 11) is 0. The third kappa shape index (κ3) is 21.5. The first-order chi connectivity index (χ1) is 8.08. The van der Waals surface area contributed by atoms with E-state index in [0.717, 1.165) is 12.8 Å². The van der Waals surface area contributed by atoms with E-state index in [4.69, 9.17) is 14.9 Å². The smallest absolute Gasteiger partial charge is 0.0697 e. The summed E-state index contributed by atoms with van der Waals surface area (Å²) in [5.41, 5.74) is 1.39. The first-order valence-electron chi connectivity index (χ1n) is 6.51. The Balaban J connectivity index is 0. The largest absolute Gasteiger partial charge is 0.396 e. The molecule has 0 radical (unpaired) electrons. The fraction of sp³-hybridized carbons (Fsp3) is 0.857. The Bertz CT molecular complexity index is 159. The molecule has 0 heterocycles. The van der Waals surface area contributed by atoms with Crippen molar-refractivity contribution in [2.45, 2.75) is 47.0 Å². The number of allylic oxidation sites excluding steroid dienone is 2. The molecule has 104 valence electrons. The summed E-state index contributed by atoms with van der Waals surface area (Å²) in [5, 5.41) is 16.7. The molecule has 0 aromatic carbocycles. The van der Waals surface area contributed by atoms with E-state index in [-0.39, 0.29) is 6.61 Å². The zero-order chi connectivity index (χ0) is 13.5. The molecule has 0 aliphatic heterocycles. The third-order valence-electron chi connectivity index (χ3n) is 2.27. The molecule has 3 heteroatoms. The zero-order valence-corrected chi connectivity index (χ0v) is 11.9. The Labute approximate surface area is 107 Å². The quantitative estimate of drug-likeness (QED) is 0.511. The first kappa shape index (κ1) is 19.0. The van der Waals surface area contributed by atoms with Crippen LogP contribution in [-0.4, -0.2) is 36.6 Å². The van der Waals surface area contributed by atoms with Crippen LogP contribution >= 0.6 is 0 Å². The van der Waals surface area contributed by atoms with Gasteiger partial charge in [0.15, 0.2) is 0 Å². The summed E-state index contributed by atoms with van der Waals surface area (Å²) in [4.78, 5) is 0. The van der Waals surface area contributed by atoms with E-state index in [1.54, 1.807) is 0 Å². The predicted molar refractivity (Wildman–Crippen MR) is 73.1 cm³/mol. The second kappa shape index (κ2) is 15.6. The van der Waals surface area contributed by atoms with Crippen molar-refractivity contribution in [3.8, 4) is 0 Å². The lowest BCUT2D eigenvalue weighted by Gasteiger charge is -2.06. The van der Waals surface area contributed by atoms with Crippen molar-refractivity contribution in [3.05, 3.63) is 11.6 Å². The van der Waals surface area contributed by atoms with Crippen molar-refractivity contribution in [3.63, 3.8) is 0 Å². The number of hydrogen-bond acceptors (Lipinski definition) is 3. The summed E-state index contributed by atoms with van der Waals surface area (Å²) in [5.74, 6) is 0.663. The van der Waals surface area contributed by atoms with Crippen LogP contribution in [-0.2, 0) is 4.74 Å². The fourth-order valence-electron chi connectivity index (χ4n) is 1.23. The Kier molecular flexibility index (Phi) is 17.4. The highest BCUT2D eigenvalue weighted by molar-refractivity contribution is 4.92. The molecule has 1 unspecified atom stereocenters. The van der Waals surface area contributed by atoms with Crippen LogP contribution in [0.15, 0.2) is 11.6 Å². The molecule has 0 aliphatic carbocycles. The average Bonchev–Trinajstić information content (AvgIpc) is 2.27. The molecule has 0 aromatic heterocycles. The van der Waals surface area contributed by atoms with Crippen molar-refractivity contribution < 1.29 is 14.9 Å². The van der Waals surface area contributed by atoms with Crippen LogP contribution in [0.4, 0.5) is 0 Å². The zero-order valence-electron chi connectivity index (χ0n) is 11.9. The van der Waals surface area contributed by atoms with E-state index >= 15 is 0 Å². The molecule has 0 aliphatic rings. The van der Waals surface area contributed by atoms with Gasteiger partial charge < -0.3 is 14.9 Å². The van der Waals surface area contributed by atoms with Crippen molar-refractivity contribution in [1.29, 1.82) is 0 Å². The minimum Gasteiger partial charge on any atom is -0.396 e. The number of ether oxygens (including phenoxy) is 1. The van der Waals surface area contributed by atoms with Gasteiger partial charge in [-0.15, -0.1) is 0 Å².